The molecular weight excluding hydrogens is 216 g/mol. The van der Waals surface area contributed by atoms with E-state index in [9.17, 15) is 4.39 Å². The highest BCUT2D eigenvalue weighted by Crippen LogP contribution is 2.34. The SMILES string of the molecule is Fc1cncc2c1C(Cl)N=C(Cl)N2. The van der Waals surface area contributed by atoms with Crippen LogP contribution >= 0.6 is 23.2 Å². The van der Waals surface area contributed by atoms with Gasteiger partial charge in [-0.05, 0) is 11.6 Å². The predicted molar refractivity (Wildman–Crippen MR) is 49.7 cm³/mol. The predicted octanol–water partition coefficient (Wildman–Crippen LogP) is 2.48. The largest absolute Gasteiger partial charge is 0.329 e. The lowest BCUT2D eigenvalue weighted by atomic mass is 10.2. The summed E-state index contributed by atoms with van der Waals surface area (Å²) in [5.41, 5.74) is -0.0483. The van der Waals surface area contributed by atoms with Crippen molar-refractivity contribution in [1.82, 2.24) is 4.98 Å². The maximum Gasteiger partial charge on any atom is 0.197 e. The average Bonchev–Trinajstić information content (AvgIpc) is 2.02. The fraction of sp³-hybridized carbons (Fsp3) is 0.143. The molecule has 6 heteroatoms. The molecule has 0 bridgehead atoms. The first-order valence-corrected chi connectivity index (χ1v) is 4.27. The second kappa shape index (κ2) is 3.12. The number of halogens is 3. The van der Waals surface area contributed by atoms with Crippen LogP contribution in [0.15, 0.2) is 17.4 Å². The van der Waals surface area contributed by atoms with Gasteiger partial charge in [-0.3, -0.25) is 4.98 Å². The highest BCUT2D eigenvalue weighted by atomic mass is 35.5. The van der Waals surface area contributed by atoms with Gasteiger partial charge in [0.2, 0.25) is 0 Å². The van der Waals surface area contributed by atoms with E-state index in [1.165, 1.54) is 6.20 Å². The Morgan fingerprint density at radius 2 is 2.23 bits per heavy atom. The molecule has 3 nitrogen and oxygen atoms in total. The van der Waals surface area contributed by atoms with Crippen molar-refractivity contribution in [2.45, 2.75) is 5.50 Å². The van der Waals surface area contributed by atoms with Crippen molar-refractivity contribution >= 4 is 34.2 Å². The molecule has 1 aromatic rings. The van der Waals surface area contributed by atoms with Gasteiger partial charge in [-0.25, -0.2) is 9.38 Å². The number of rotatable bonds is 0. The number of aromatic nitrogens is 1. The van der Waals surface area contributed by atoms with E-state index < -0.39 is 11.3 Å². The van der Waals surface area contributed by atoms with E-state index in [1.807, 2.05) is 0 Å². The molecule has 0 aliphatic carbocycles. The number of fused-ring (bicyclic) bond motifs is 1. The van der Waals surface area contributed by atoms with Crippen LogP contribution < -0.4 is 5.32 Å². The van der Waals surface area contributed by atoms with E-state index in [2.05, 4.69) is 15.3 Å². The summed E-state index contributed by atoms with van der Waals surface area (Å²) in [7, 11) is 0. The van der Waals surface area contributed by atoms with E-state index in [1.54, 1.807) is 0 Å². The fourth-order valence-corrected chi connectivity index (χ4v) is 1.66. The first-order chi connectivity index (χ1) is 6.18. The number of pyridine rings is 1. The van der Waals surface area contributed by atoms with Gasteiger partial charge in [0.15, 0.2) is 10.8 Å². The fourth-order valence-electron chi connectivity index (χ4n) is 1.09. The van der Waals surface area contributed by atoms with Gasteiger partial charge in [0, 0.05) is 0 Å². The number of hydrogen-bond acceptors (Lipinski definition) is 3. The highest BCUT2D eigenvalue weighted by Gasteiger charge is 2.22. The van der Waals surface area contributed by atoms with Crippen molar-refractivity contribution in [3.8, 4) is 0 Å². The maximum absolute atomic E-state index is 13.1. The molecule has 0 aromatic carbocycles. The molecule has 1 atom stereocenters. The zero-order chi connectivity index (χ0) is 9.42. The monoisotopic (exact) mass is 219 g/mol. The molecule has 0 fully saturated rings. The number of anilines is 1. The van der Waals surface area contributed by atoms with Crippen molar-refractivity contribution in [3.05, 3.63) is 23.8 Å². The minimum absolute atomic E-state index is 0.139. The van der Waals surface area contributed by atoms with Crippen molar-refractivity contribution < 1.29 is 4.39 Å². The molecular formula is C7H4Cl2FN3. The number of nitrogens with one attached hydrogen (secondary N) is 1. The zero-order valence-electron chi connectivity index (χ0n) is 6.26. The number of aliphatic imine (C=N–C) groups is 1. The summed E-state index contributed by atoms with van der Waals surface area (Å²) in [5.74, 6) is -0.488. The summed E-state index contributed by atoms with van der Waals surface area (Å²) in [4.78, 5) is 7.41. The van der Waals surface area contributed by atoms with Gasteiger partial charge in [-0.2, -0.15) is 0 Å². The molecule has 1 aliphatic rings. The first-order valence-electron chi connectivity index (χ1n) is 3.46. The molecule has 2 heterocycles. The zero-order valence-corrected chi connectivity index (χ0v) is 7.77. The van der Waals surface area contributed by atoms with E-state index in [-0.39, 0.29) is 10.9 Å². The summed E-state index contributed by atoms with van der Waals surface area (Å²) >= 11 is 11.4. The Morgan fingerprint density at radius 3 is 3.00 bits per heavy atom. The summed E-state index contributed by atoms with van der Waals surface area (Å²) in [6, 6.07) is 0. The summed E-state index contributed by atoms with van der Waals surface area (Å²) in [6.45, 7) is 0. The van der Waals surface area contributed by atoms with Crippen LogP contribution in [0.2, 0.25) is 0 Å². The van der Waals surface area contributed by atoms with Crippen molar-refractivity contribution in [1.29, 1.82) is 0 Å². The number of amidine groups is 1. The lowest BCUT2D eigenvalue weighted by Crippen LogP contribution is -2.15. The Hall–Kier alpha value is -0.870. The first kappa shape index (κ1) is 8.72. The minimum atomic E-state index is -0.785. The van der Waals surface area contributed by atoms with E-state index in [4.69, 9.17) is 23.2 Å². The molecule has 0 radical (unpaired) electrons. The lowest BCUT2D eigenvalue weighted by Gasteiger charge is -2.18. The van der Waals surface area contributed by atoms with Crippen LogP contribution in [0.1, 0.15) is 11.1 Å². The molecule has 1 aromatic heterocycles. The molecule has 1 aliphatic heterocycles. The van der Waals surface area contributed by atoms with Gasteiger partial charge in [0.05, 0.1) is 23.6 Å². The van der Waals surface area contributed by atoms with Gasteiger partial charge in [-0.15, -0.1) is 0 Å². The van der Waals surface area contributed by atoms with Gasteiger partial charge in [0.25, 0.3) is 0 Å². The van der Waals surface area contributed by atoms with Crippen LogP contribution in [0.25, 0.3) is 0 Å². The van der Waals surface area contributed by atoms with E-state index >= 15 is 0 Å². The van der Waals surface area contributed by atoms with E-state index in [0.29, 0.717) is 5.69 Å². The Labute approximate surface area is 83.6 Å². The Morgan fingerprint density at radius 1 is 1.46 bits per heavy atom. The maximum atomic E-state index is 13.1. The normalized spacial score (nSPS) is 20.2. The van der Waals surface area contributed by atoms with Gasteiger partial charge >= 0.3 is 0 Å². The van der Waals surface area contributed by atoms with Crippen LogP contribution in [0.4, 0.5) is 10.1 Å². The molecule has 0 saturated carbocycles. The van der Waals surface area contributed by atoms with Gasteiger partial charge < -0.3 is 5.32 Å². The van der Waals surface area contributed by atoms with Crippen molar-refractivity contribution in [2.24, 2.45) is 4.99 Å². The quantitative estimate of drug-likeness (QED) is 0.538. The van der Waals surface area contributed by atoms with Crippen LogP contribution in [0.3, 0.4) is 0 Å². The Balaban J connectivity index is 2.56. The number of hydrogen-bond donors (Lipinski definition) is 1. The Kier molecular flexibility index (Phi) is 2.09. The number of nitrogens with zero attached hydrogens (tertiary/aromatic N) is 2. The molecule has 13 heavy (non-hydrogen) atoms. The van der Waals surface area contributed by atoms with Crippen molar-refractivity contribution in [2.75, 3.05) is 5.32 Å². The summed E-state index contributed by atoms with van der Waals surface area (Å²) in [6.07, 6.45) is 2.54. The molecule has 0 saturated heterocycles. The molecule has 1 unspecified atom stereocenters. The second-order valence-electron chi connectivity index (χ2n) is 2.46. The summed E-state index contributed by atoms with van der Waals surface area (Å²) < 4.78 is 13.1. The second-order valence-corrected chi connectivity index (χ2v) is 3.23. The molecule has 1 N–H and O–H groups in total. The summed E-state index contributed by atoms with van der Waals surface area (Å²) in [5, 5.41) is 2.80. The van der Waals surface area contributed by atoms with Crippen molar-refractivity contribution in [3.63, 3.8) is 0 Å². The van der Waals surface area contributed by atoms with Gasteiger partial charge in [0.1, 0.15) is 5.82 Å². The molecule has 0 amide bonds. The van der Waals surface area contributed by atoms with Crippen LogP contribution in [0, 0.1) is 5.82 Å². The topological polar surface area (TPSA) is 37.3 Å². The molecule has 0 spiro atoms. The lowest BCUT2D eigenvalue weighted by molar-refractivity contribution is 0.602. The highest BCUT2D eigenvalue weighted by molar-refractivity contribution is 6.68. The third-order valence-electron chi connectivity index (χ3n) is 1.64. The smallest absolute Gasteiger partial charge is 0.197 e. The van der Waals surface area contributed by atoms with Crippen LogP contribution in [-0.2, 0) is 0 Å². The molecule has 2 rings (SSSR count). The number of alkyl halides is 1. The van der Waals surface area contributed by atoms with Gasteiger partial charge in [-0.1, -0.05) is 11.6 Å². The minimum Gasteiger partial charge on any atom is -0.329 e. The third kappa shape index (κ3) is 1.47. The third-order valence-corrected chi connectivity index (χ3v) is 2.15. The standard InChI is InChI=1S/C7H4Cl2FN3/c8-6-5-3(10)1-11-2-4(5)12-7(9)13-6/h1-2,6H,(H,12,13). The van der Waals surface area contributed by atoms with E-state index in [0.717, 1.165) is 6.20 Å². The van der Waals surface area contributed by atoms with Crippen LogP contribution in [0.5, 0.6) is 0 Å². The van der Waals surface area contributed by atoms with Crippen LogP contribution in [-0.4, -0.2) is 10.3 Å². The molecule has 68 valence electrons. The average molecular weight is 220 g/mol. The Bertz CT molecular complexity index is 380.